The van der Waals surface area contributed by atoms with Crippen molar-refractivity contribution in [2.24, 2.45) is 5.41 Å². The van der Waals surface area contributed by atoms with E-state index in [0.29, 0.717) is 6.04 Å². The van der Waals surface area contributed by atoms with E-state index in [1.165, 1.54) is 6.07 Å². The number of hydrogen-bond donors (Lipinski definition) is 1. The van der Waals surface area contributed by atoms with Crippen LogP contribution in [0.1, 0.15) is 38.3 Å². The zero-order chi connectivity index (χ0) is 14.8. The van der Waals surface area contributed by atoms with E-state index in [1.807, 2.05) is 6.07 Å². The van der Waals surface area contributed by atoms with Crippen LogP contribution >= 0.6 is 0 Å². The first-order chi connectivity index (χ1) is 9.43. The summed E-state index contributed by atoms with van der Waals surface area (Å²) in [6, 6.07) is 5.53. The number of benzene rings is 1. The predicted molar refractivity (Wildman–Crippen MR) is 80.4 cm³/mol. The van der Waals surface area contributed by atoms with Gasteiger partial charge < -0.3 is 10.1 Å². The van der Waals surface area contributed by atoms with Crippen LogP contribution in [-0.4, -0.2) is 25.3 Å². The Bertz CT molecular complexity index is 460. The van der Waals surface area contributed by atoms with Crippen LogP contribution in [0.25, 0.3) is 0 Å². The first kappa shape index (κ1) is 15.5. The van der Waals surface area contributed by atoms with E-state index in [1.54, 1.807) is 6.07 Å². The van der Waals surface area contributed by atoms with Crippen LogP contribution in [-0.2, 0) is 11.2 Å². The number of halogens is 1. The summed E-state index contributed by atoms with van der Waals surface area (Å²) in [5, 5.41) is 3.54. The molecule has 2 unspecified atom stereocenters. The van der Waals surface area contributed by atoms with Crippen LogP contribution in [0.3, 0.4) is 0 Å². The Kier molecular flexibility index (Phi) is 4.82. The van der Waals surface area contributed by atoms with Crippen molar-refractivity contribution in [1.82, 2.24) is 5.32 Å². The molecule has 0 bridgehead atoms. The maximum atomic E-state index is 13.5. The summed E-state index contributed by atoms with van der Waals surface area (Å²) in [6.45, 7) is 10.2. The smallest absolute Gasteiger partial charge is 0.123 e. The second-order valence-corrected chi connectivity index (χ2v) is 6.41. The van der Waals surface area contributed by atoms with Gasteiger partial charge in [-0.05, 0) is 49.9 Å². The molecule has 2 atom stereocenters. The third kappa shape index (κ3) is 3.39. The molecular weight excluding hydrogens is 253 g/mol. The second-order valence-electron chi connectivity index (χ2n) is 6.41. The quantitative estimate of drug-likeness (QED) is 0.891. The molecule has 1 fully saturated rings. The van der Waals surface area contributed by atoms with Crippen LogP contribution < -0.4 is 5.32 Å². The molecule has 0 aromatic heterocycles. The van der Waals surface area contributed by atoms with Crippen molar-refractivity contribution >= 4 is 0 Å². The maximum Gasteiger partial charge on any atom is 0.123 e. The molecule has 0 amide bonds. The molecule has 1 N–H and O–H groups in total. The Morgan fingerprint density at radius 1 is 1.45 bits per heavy atom. The van der Waals surface area contributed by atoms with Gasteiger partial charge in [0.15, 0.2) is 0 Å². The molecule has 2 nitrogen and oxygen atoms in total. The standard InChI is InChI=1S/C17H26FNO/c1-12(2)19-11-17(7-8-20-14(17)4)10-15-9-16(18)6-5-13(15)3/h5-6,9,12,14,19H,7-8,10-11H2,1-4H3. The molecule has 1 heterocycles. The Balaban J connectivity index is 2.21. The first-order valence-corrected chi connectivity index (χ1v) is 7.53. The molecule has 0 saturated carbocycles. The minimum Gasteiger partial charge on any atom is -0.378 e. The van der Waals surface area contributed by atoms with Gasteiger partial charge in [0.05, 0.1) is 6.10 Å². The molecule has 1 aliphatic heterocycles. The molecule has 1 saturated heterocycles. The molecule has 1 aromatic carbocycles. The van der Waals surface area contributed by atoms with Gasteiger partial charge in [0.1, 0.15) is 5.82 Å². The highest BCUT2D eigenvalue weighted by molar-refractivity contribution is 5.28. The van der Waals surface area contributed by atoms with E-state index in [0.717, 1.165) is 37.1 Å². The van der Waals surface area contributed by atoms with Gasteiger partial charge in [-0.1, -0.05) is 19.9 Å². The summed E-state index contributed by atoms with van der Waals surface area (Å²) in [6.07, 6.45) is 2.11. The van der Waals surface area contributed by atoms with Crippen molar-refractivity contribution in [3.05, 3.63) is 35.1 Å². The van der Waals surface area contributed by atoms with E-state index in [9.17, 15) is 4.39 Å². The van der Waals surface area contributed by atoms with Crippen LogP contribution in [0, 0.1) is 18.2 Å². The fourth-order valence-corrected chi connectivity index (χ4v) is 2.96. The van der Waals surface area contributed by atoms with Crippen LogP contribution in [0.5, 0.6) is 0 Å². The Morgan fingerprint density at radius 3 is 2.80 bits per heavy atom. The largest absolute Gasteiger partial charge is 0.378 e. The lowest BCUT2D eigenvalue weighted by Gasteiger charge is -2.34. The lowest BCUT2D eigenvalue weighted by atomic mass is 9.75. The van der Waals surface area contributed by atoms with Gasteiger partial charge in [0.25, 0.3) is 0 Å². The number of ether oxygens (including phenoxy) is 1. The van der Waals surface area contributed by atoms with Gasteiger partial charge in [-0.25, -0.2) is 4.39 Å². The van der Waals surface area contributed by atoms with Crippen LogP contribution in [0.2, 0.25) is 0 Å². The topological polar surface area (TPSA) is 21.3 Å². The zero-order valence-corrected chi connectivity index (χ0v) is 13.0. The molecule has 1 aliphatic rings. The third-order valence-electron chi connectivity index (χ3n) is 4.55. The molecule has 1 aromatic rings. The van der Waals surface area contributed by atoms with Crippen molar-refractivity contribution in [3.63, 3.8) is 0 Å². The van der Waals surface area contributed by atoms with Gasteiger partial charge in [0, 0.05) is 24.6 Å². The molecule has 112 valence electrons. The average Bonchev–Trinajstić information content (AvgIpc) is 2.73. The molecule has 0 radical (unpaired) electrons. The number of rotatable bonds is 5. The van der Waals surface area contributed by atoms with E-state index >= 15 is 0 Å². The van der Waals surface area contributed by atoms with Gasteiger partial charge in [-0.2, -0.15) is 0 Å². The first-order valence-electron chi connectivity index (χ1n) is 7.53. The maximum absolute atomic E-state index is 13.5. The van der Waals surface area contributed by atoms with E-state index in [2.05, 4.69) is 33.0 Å². The summed E-state index contributed by atoms with van der Waals surface area (Å²) in [4.78, 5) is 0. The fraction of sp³-hybridized carbons (Fsp3) is 0.647. The lowest BCUT2D eigenvalue weighted by molar-refractivity contribution is 0.0620. The highest BCUT2D eigenvalue weighted by Gasteiger charge is 2.41. The minimum absolute atomic E-state index is 0.0722. The van der Waals surface area contributed by atoms with Gasteiger partial charge >= 0.3 is 0 Å². The molecule has 2 rings (SSSR count). The third-order valence-corrected chi connectivity index (χ3v) is 4.55. The SMILES string of the molecule is Cc1ccc(F)cc1CC1(CNC(C)C)CCOC1C. The second kappa shape index (κ2) is 6.23. The number of nitrogens with one attached hydrogen (secondary N) is 1. The number of aryl methyl sites for hydroxylation is 1. The highest BCUT2D eigenvalue weighted by Crippen LogP contribution is 2.38. The van der Waals surface area contributed by atoms with Crippen LogP contribution in [0.4, 0.5) is 4.39 Å². The Labute approximate surface area is 121 Å². The molecule has 0 spiro atoms. The van der Waals surface area contributed by atoms with Gasteiger partial charge in [-0.15, -0.1) is 0 Å². The zero-order valence-electron chi connectivity index (χ0n) is 13.0. The van der Waals surface area contributed by atoms with Crippen molar-refractivity contribution in [1.29, 1.82) is 0 Å². The molecular formula is C17H26FNO. The normalized spacial score (nSPS) is 26.4. The van der Waals surface area contributed by atoms with E-state index in [-0.39, 0.29) is 17.3 Å². The van der Waals surface area contributed by atoms with Gasteiger partial charge in [-0.3, -0.25) is 0 Å². The van der Waals surface area contributed by atoms with Crippen LogP contribution in [0.15, 0.2) is 18.2 Å². The van der Waals surface area contributed by atoms with Crippen molar-refractivity contribution in [2.75, 3.05) is 13.2 Å². The van der Waals surface area contributed by atoms with Crippen molar-refractivity contribution in [3.8, 4) is 0 Å². The summed E-state index contributed by atoms with van der Waals surface area (Å²) in [5.74, 6) is -0.149. The van der Waals surface area contributed by atoms with Crippen molar-refractivity contribution < 1.29 is 9.13 Å². The predicted octanol–water partition coefficient (Wildman–Crippen LogP) is 3.47. The van der Waals surface area contributed by atoms with Gasteiger partial charge in [0.2, 0.25) is 0 Å². The molecule has 3 heteroatoms. The van der Waals surface area contributed by atoms with E-state index < -0.39 is 0 Å². The van der Waals surface area contributed by atoms with E-state index in [4.69, 9.17) is 4.74 Å². The summed E-state index contributed by atoms with van der Waals surface area (Å²) in [5.41, 5.74) is 2.34. The average molecular weight is 279 g/mol. The fourth-order valence-electron chi connectivity index (χ4n) is 2.96. The Hall–Kier alpha value is -0.930. The summed E-state index contributed by atoms with van der Waals surface area (Å²) in [7, 11) is 0. The number of hydrogen-bond acceptors (Lipinski definition) is 2. The highest BCUT2D eigenvalue weighted by atomic mass is 19.1. The Morgan fingerprint density at radius 2 is 2.20 bits per heavy atom. The summed E-state index contributed by atoms with van der Waals surface area (Å²) >= 11 is 0. The van der Waals surface area contributed by atoms with Crippen molar-refractivity contribution in [2.45, 2.75) is 52.7 Å². The summed E-state index contributed by atoms with van der Waals surface area (Å²) < 4.78 is 19.3. The monoisotopic (exact) mass is 279 g/mol. The molecule has 0 aliphatic carbocycles. The lowest BCUT2D eigenvalue weighted by Crippen LogP contribution is -2.43. The minimum atomic E-state index is -0.149. The molecule has 20 heavy (non-hydrogen) atoms.